The number of nitrogens with one attached hydrogen (secondary N) is 1. The smallest absolute Gasteiger partial charge is 0.196 e. The summed E-state index contributed by atoms with van der Waals surface area (Å²) < 4.78 is 2.12. The standard InChI is InChI=1S/C28H20Cl2N4S/c29-23-13-7-14-24(30)22(23)17-35-28-33-32-26(34(28)19-9-2-1-3-10-19)16-18-8-6-12-21-20-11-4-5-15-25(20)31-27(18)21/h1-15,31H,16-17H2. The zero-order valence-corrected chi connectivity index (χ0v) is 20.9. The molecule has 6 rings (SSSR count). The fraction of sp³-hybridized carbons (Fsp3) is 0.0714. The van der Waals surface area contributed by atoms with Crippen molar-refractivity contribution >= 4 is 56.8 Å². The number of rotatable bonds is 6. The molecule has 0 bridgehead atoms. The quantitative estimate of drug-likeness (QED) is 0.228. The fourth-order valence-corrected chi connectivity index (χ4v) is 6.12. The van der Waals surface area contributed by atoms with Gasteiger partial charge in [-0.05, 0) is 41.5 Å². The van der Waals surface area contributed by atoms with Crippen molar-refractivity contribution in [2.24, 2.45) is 0 Å². The van der Waals surface area contributed by atoms with E-state index in [0.29, 0.717) is 22.2 Å². The summed E-state index contributed by atoms with van der Waals surface area (Å²) in [5.74, 6) is 1.47. The normalized spacial score (nSPS) is 11.5. The lowest BCUT2D eigenvalue weighted by Crippen LogP contribution is -2.04. The summed E-state index contributed by atoms with van der Waals surface area (Å²) >= 11 is 14.4. The molecule has 0 aliphatic rings. The van der Waals surface area contributed by atoms with Gasteiger partial charge in [0.1, 0.15) is 5.82 Å². The highest BCUT2D eigenvalue weighted by Gasteiger charge is 2.18. The topological polar surface area (TPSA) is 46.5 Å². The van der Waals surface area contributed by atoms with Gasteiger partial charge >= 0.3 is 0 Å². The number of halogens is 2. The van der Waals surface area contributed by atoms with Gasteiger partial charge in [-0.15, -0.1) is 10.2 Å². The molecular formula is C28H20Cl2N4S. The molecule has 0 spiro atoms. The molecule has 0 saturated carbocycles. The monoisotopic (exact) mass is 514 g/mol. The number of hydrogen-bond acceptors (Lipinski definition) is 3. The van der Waals surface area contributed by atoms with Crippen molar-refractivity contribution in [3.05, 3.63) is 118 Å². The third-order valence-corrected chi connectivity index (χ3v) is 7.76. The van der Waals surface area contributed by atoms with Crippen LogP contribution in [0.25, 0.3) is 27.5 Å². The van der Waals surface area contributed by atoms with Crippen LogP contribution in [0.1, 0.15) is 17.0 Å². The molecule has 2 aromatic heterocycles. The maximum Gasteiger partial charge on any atom is 0.196 e. The van der Waals surface area contributed by atoms with Crippen LogP contribution in [0.5, 0.6) is 0 Å². The fourth-order valence-electron chi connectivity index (χ4n) is 4.40. The minimum atomic E-state index is 0.598. The Balaban J connectivity index is 1.40. The number of hydrogen-bond donors (Lipinski definition) is 1. The molecule has 4 nitrogen and oxygen atoms in total. The van der Waals surface area contributed by atoms with Gasteiger partial charge in [0.2, 0.25) is 0 Å². The van der Waals surface area contributed by atoms with Crippen LogP contribution in [0.2, 0.25) is 10.0 Å². The van der Waals surface area contributed by atoms with Gasteiger partial charge in [-0.2, -0.15) is 0 Å². The van der Waals surface area contributed by atoms with Gasteiger partial charge in [0.25, 0.3) is 0 Å². The van der Waals surface area contributed by atoms with Crippen molar-refractivity contribution < 1.29 is 0 Å². The second-order valence-corrected chi connectivity index (χ2v) is 10.0. The van der Waals surface area contributed by atoms with Crippen LogP contribution >= 0.6 is 35.0 Å². The predicted molar refractivity (Wildman–Crippen MR) is 146 cm³/mol. The molecule has 35 heavy (non-hydrogen) atoms. The van der Waals surface area contributed by atoms with Crippen LogP contribution in [0.3, 0.4) is 0 Å². The molecule has 0 radical (unpaired) electrons. The molecule has 7 heteroatoms. The maximum atomic E-state index is 6.41. The first-order chi connectivity index (χ1) is 17.2. The van der Waals surface area contributed by atoms with Crippen LogP contribution in [0, 0.1) is 0 Å². The average Bonchev–Trinajstić information content (AvgIpc) is 3.46. The first-order valence-electron chi connectivity index (χ1n) is 11.2. The lowest BCUT2D eigenvalue weighted by atomic mass is 10.1. The molecule has 0 unspecified atom stereocenters. The number of para-hydroxylation sites is 3. The van der Waals surface area contributed by atoms with E-state index < -0.39 is 0 Å². The Morgan fingerprint density at radius 3 is 2.29 bits per heavy atom. The Bertz CT molecular complexity index is 1640. The summed E-state index contributed by atoms with van der Waals surface area (Å²) in [7, 11) is 0. The highest BCUT2D eigenvalue weighted by Crippen LogP contribution is 2.33. The summed E-state index contributed by atoms with van der Waals surface area (Å²) in [5.41, 5.74) is 5.35. The van der Waals surface area contributed by atoms with Crippen LogP contribution < -0.4 is 0 Å². The van der Waals surface area contributed by atoms with E-state index in [1.807, 2.05) is 36.4 Å². The maximum absolute atomic E-state index is 6.41. The third kappa shape index (κ3) is 4.20. The van der Waals surface area contributed by atoms with Crippen LogP contribution in [-0.2, 0) is 12.2 Å². The van der Waals surface area contributed by atoms with Gasteiger partial charge in [0.15, 0.2) is 5.16 Å². The zero-order valence-electron chi connectivity index (χ0n) is 18.6. The molecular weight excluding hydrogens is 495 g/mol. The lowest BCUT2D eigenvalue weighted by Gasteiger charge is -2.11. The van der Waals surface area contributed by atoms with E-state index in [0.717, 1.165) is 33.3 Å². The van der Waals surface area contributed by atoms with Crippen molar-refractivity contribution in [2.75, 3.05) is 0 Å². The Hall–Kier alpha value is -3.25. The molecule has 172 valence electrons. The van der Waals surface area contributed by atoms with E-state index in [4.69, 9.17) is 23.2 Å². The van der Waals surface area contributed by atoms with Gasteiger partial charge in [-0.25, -0.2) is 0 Å². The summed E-state index contributed by atoms with van der Waals surface area (Å²) in [4.78, 5) is 3.60. The second-order valence-electron chi connectivity index (χ2n) is 8.25. The summed E-state index contributed by atoms with van der Waals surface area (Å²) in [6.07, 6.45) is 0.638. The zero-order chi connectivity index (χ0) is 23.8. The Labute approximate surface area is 216 Å². The molecule has 0 aliphatic heterocycles. The number of benzene rings is 4. The summed E-state index contributed by atoms with van der Waals surface area (Å²) in [5, 5.41) is 13.7. The second kappa shape index (κ2) is 9.42. The summed E-state index contributed by atoms with van der Waals surface area (Å²) in [6.45, 7) is 0. The average molecular weight is 515 g/mol. The first kappa shape index (κ1) is 22.2. The van der Waals surface area contributed by atoms with Crippen molar-refractivity contribution in [3.63, 3.8) is 0 Å². The molecule has 0 amide bonds. The number of fused-ring (bicyclic) bond motifs is 3. The highest BCUT2D eigenvalue weighted by molar-refractivity contribution is 7.98. The molecule has 0 saturated heterocycles. The van der Waals surface area contributed by atoms with Crippen LogP contribution in [0.15, 0.2) is 96.2 Å². The van der Waals surface area contributed by atoms with E-state index in [9.17, 15) is 0 Å². The number of nitrogens with zero attached hydrogens (tertiary/aromatic N) is 3. The predicted octanol–water partition coefficient (Wildman–Crippen LogP) is 8.09. The number of thioether (sulfide) groups is 1. The van der Waals surface area contributed by atoms with Gasteiger partial charge in [-0.1, -0.05) is 95.6 Å². The van der Waals surface area contributed by atoms with Crippen LogP contribution in [0.4, 0.5) is 0 Å². The lowest BCUT2D eigenvalue weighted by molar-refractivity contribution is 0.849. The Kier molecular flexibility index (Phi) is 5.98. The molecule has 0 aliphatic carbocycles. The number of aromatic amines is 1. The largest absolute Gasteiger partial charge is 0.354 e. The Morgan fingerprint density at radius 1 is 0.743 bits per heavy atom. The van der Waals surface area contributed by atoms with E-state index in [-0.39, 0.29) is 0 Å². The first-order valence-corrected chi connectivity index (χ1v) is 13.0. The van der Waals surface area contributed by atoms with Gasteiger partial charge in [0, 0.05) is 44.2 Å². The molecule has 2 heterocycles. The molecule has 6 aromatic rings. The molecule has 4 aromatic carbocycles. The van der Waals surface area contributed by atoms with Crippen molar-refractivity contribution in [1.29, 1.82) is 0 Å². The molecule has 1 N–H and O–H groups in total. The summed E-state index contributed by atoms with van der Waals surface area (Å²) in [6, 6.07) is 30.6. The highest BCUT2D eigenvalue weighted by atomic mass is 35.5. The third-order valence-electron chi connectivity index (χ3n) is 6.10. The van der Waals surface area contributed by atoms with E-state index in [1.54, 1.807) is 11.8 Å². The van der Waals surface area contributed by atoms with E-state index >= 15 is 0 Å². The SMILES string of the molecule is Clc1cccc(Cl)c1CSc1nnc(Cc2cccc3c2[nH]c2ccccc23)n1-c1ccccc1. The van der Waals surface area contributed by atoms with E-state index in [2.05, 4.69) is 74.3 Å². The van der Waals surface area contributed by atoms with E-state index in [1.165, 1.54) is 16.3 Å². The van der Waals surface area contributed by atoms with Gasteiger partial charge in [0.05, 0.1) is 5.52 Å². The molecule has 0 fully saturated rings. The van der Waals surface area contributed by atoms with Gasteiger partial charge in [-0.3, -0.25) is 4.57 Å². The minimum absolute atomic E-state index is 0.598. The van der Waals surface area contributed by atoms with Crippen LogP contribution in [-0.4, -0.2) is 19.7 Å². The minimum Gasteiger partial charge on any atom is -0.354 e. The number of aromatic nitrogens is 4. The Morgan fingerprint density at radius 2 is 1.46 bits per heavy atom. The van der Waals surface area contributed by atoms with Gasteiger partial charge < -0.3 is 4.98 Å². The molecule has 0 atom stereocenters. The number of H-pyrrole nitrogens is 1. The van der Waals surface area contributed by atoms with Crippen molar-refractivity contribution in [3.8, 4) is 5.69 Å². The van der Waals surface area contributed by atoms with Crippen molar-refractivity contribution in [1.82, 2.24) is 19.7 Å². The van der Waals surface area contributed by atoms with Crippen molar-refractivity contribution in [2.45, 2.75) is 17.3 Å².